The van der Waals surface area contributed by atoms with E-state index in [1.807, 2.05) is 0 Å². The van der Waals surface area contributed by atoms with E-state index in [0.29, 0.717) is 5.02 Å². The number of nitrogens with one attached hydrogen (secondary N) is 3. The largest absolute Gasteiger partial charge is 0.353 e. The highest BCUT2D eigenvalue weighted by molar-refractivity contribution is 6.30. The lowest BCUT2D eigenvalue weighted by molar-refractivity contribution is -0.121. The van der Waals surface area contributed by atoms with Gasteiger partial charge in [-0.1, -0.05) is 23.7 Å². The standard InChI is InChI=1S/C12H12ClN3O3/c13-8-3-1-7(2-4-8)5-10(17)14-6-9-11(18)16-12(19)15-9/h1-4,9H,5-6H2,(H,14,17)(H2,15,16,18,19). The van der Waals surface area contributed by atoms with Crippen LogP contribution in [0.3, 0.4) is 0 Å². The SMILES string of the molecule is O=C(Cc1ccc(Cl)cc1)NCC1NC(=O)NC1=O. The highest BCUT2D eigenvalue weighted by Gasteiger charge is 2.29. The van der Waals surface area contributed by atoms with Crippen LogP contribution in [0.25, 0.3) is 0 Å². The highest BCUT2D eigenvalue weighted by Crippen LogP contribution is 2.09. The third kappa shape index (κ3) is 3.69. The van der Waals surface area contributed by atoms with E-state index in [0.717, 1.165) is 5.56 Å². The number of benzene rings is 1. The topological polar surface area (TPSA) is 87.3 Å². The zero-order valence-electron chi connectivity index (χ0n) is 9.90. The van der Waals surface area contributed by atoms with Crippen LogP contribution >= 0.6 is 11.6 Å². The van der Waals surface area contributed by atoms with Crippen molar-refractivity contribution in [2.75, 3.05) is 6.54 Å². The van der Waals surface area contributed by atoms with Crippen molar-refractivity contribution in [3.05, 3.63) is 34.9 Å². The number of amides is 4. The van der Waals surface area contributed by atoms with Crippen molar-refractivity contribution in [3.63, 3.8) is 0 Å². The monoisotopic (exact) mass is 281 g/mol. The number of halogens is 1. The molecule has 0 saturated carbocycles. The van der Waals surface area contributed by atoms with E-state index in [2.05, 4.69) is 16.0 Å². The molecule has 3 N–H and O–H groups in total. The lowest BCUT2D eigenvalue weighted by Crippen LogP contribution is -2.42. The summed E-state index contributed by atoms with van der Waals surface area (Å²) in [4.78, 5) is 33.7. The van der Waals surface area contributed by atoms with Crippen molar-refractivity contribution in [1.82, 2.24) is 16.0 Å². The van der Waals surface area contributed by atoms with Crippen LogP contribution in [0.4, 0.5) is 4.79 Å². The molecule has 1 aliphatic heterocycles. The summed E-state index contributed by atoms with van der Waals surface area (Å²) in [5.41, 5.74) is 0.821. The molecule has 0 aliphatic carbocycles. The van der Waals surface area contributed by atoms with Crippen LogP contribution in [-0.2, 0) is 16.0 Å². The Hall–Kier alpha value is -2.08. The van der Waals surface area contributed by atoms with Gasteiger partial charge in [-0.15, -0.1) is 0 Å². The second-order valence-corrected chi connectivity index (χ2v) is 4.56. The van der Waals surface area contributed by atoms with Gasteiger partial charge >= 0.3 is 6.03 Å². The molecule has 1 aliphatic rings. The van der Waals surface area contributed by atoms with E-state index in [4.69, 9.17) is 11.6 Å². The van der Waals surface area contributed by atoms with E-state index in [-0.39, 0.29) is 18.9 Å². The molecule has 1 aromatic carbocycles. The third-order valence-electron chi connectivity index (χ3n) is 2.64. The normalized spacial score (nSPS) is 17.8. The van der Waals surface area contributed by atoms with Gasteiger partial charge in [0.05, 0.1) is 6.42 Å². The van der Waals surface area contributed by atoms with E-state index < -0.39 is 18.0 Å². The Morgan fingerprint density at radius 2 is 1.95 bits per heavy atom. The number of urea groups is 1. The Kier molecular flexibility index (Phi) is 4.01. The van der Waals surface area contributed by atoms with Crippen molar-refractivity contribution in [2.24, 2.45) is 0 Å². The van der Waals surface area contributed by atoms with Crippen molar-refractivity contribution in [2.45, 2.75) is 12.5 Å². The lowest BCUT2D eigenvalue weighted by Gasteiger charge is -2.09. The first-order chi connectivity index (χ1) is 9.04. The summed E-state index contributed by atoms with van der Waals surface area (Å²) in [6.45, 7) is 0.0734. The summed E-state index contributed by atoms with van der Waals surface area (Å²) in [5.74, 6) is -0.659. The maximum atomic E-state index is 11.7. The molecular formula is C12H12ClN3O3. The average Bonchev–Trinajstić information content (AvgIpc) is 2.68. The van der Waals surface area contributed by atoms with Gasteiger partial charge in [0, 0.05) is 11.6 Å². The summed E-state index contributed by atoms with van der Waals surface area (Å²) < 4.78 is 0. The van der Waals surface area contributed by atoms with E-state index >= 15 is 0 Å². The van der Waals surface area contributed by atoms with Gasteiger partial charge in [0.2, 0.25) is 5.91 Å². The van der Waals surface area contributed by atoms with Crippen molar-refractivity contribution in [1.29, 1.82) is 0 Å². The van der Waals surface area contributed by atoms with E-state index in [9.17, 15) is 14.4 Å². The fourth-order valence-corrected chi connectivity index (χ4v) is 1.79. The maximum Gasteiger partial charge on any atom is 0.322 e. The zero-order valence-corrected chi connectivity index (χ0v) is 10.7. The predicted molar refractivity (Wildman–Crippen MR) is 68.6 cm³/mol. The molecule has 0 spiro atoms. The first-order valence-electron chi connectivity index (χ1n) is 5.67. The summed E-state index contributed by atoms with van der Waals surface area (Å²) in [6, 6.07) is 5.67. The molecular weight excluding hydrogens is 270 g/mol. The molecule has 1 saturated heterocycles. The summed E-state index contributed by atoms with van der Waals surface area (Å²) >= 11 is 5.74. The summed E-state index contributed by atoms with van der Waals surface area (Å²) in [7, 11) is 0. The number of imide groups is 1. The quantitative estimate of drug-likeness (QED) is 0.689. The minimum atomic E-state index is -0.707. The molecule has 100 valence electrons. The van der Waals surface area contributed by atoms with Crippen LogP contribution in [0.5, 0.6) is 0 Å². The number of hydrogen-bond donors (Lipinski definition) is 3. The molecule has 1 aromatic rings. The van der Waals surface area contributed by atoms with Gasteiger partial charge in [0.25, 0.3) is 5.91 Å². The Labute approximate surface area is 114 Å². The van der Waals surface area contributed by atoms with Gasteiger partial charge in [0.1, 0.15) is 6.04 Å². The van der Waals surface area contributed by atoms with E-state index in [1.165, 1.54) is 0 Å². The predicted octanol–water partition coefficient (Wildman–Crippen LogP) is 0.207. The van der Waals surface area contributed by atoms with Gasteiger partial charge in [-0.05, 0) is 17.7 Å². The Morgan fingerprint density at radius 3 is 2.53 bits per heavy atom. The first kappa shape index (κ1) is 13.4. The van der Waals surface area contributed by atoms with Gasteiger partial charge in [-0.3, -0.25) is 14.9 Å². The van der Waals surface area contributed by atoms with Crippen molar-refractivity contribution in [3.8, 4) is 0 Å². The van der Waals surface area contributed by atoms with Crippen LogP contribution in [0.1, 0.15) is 5.56 Å². The Bertz CT molecular complexity index is 515. The molecule has 0 radical (unpaired) electrons. The first-order valence-corrected chi connectivity index (χ1v) is 6.05. The third-order valence-corrected chi connectivity index (χ3v) is 2.89. The van der Waals surface area contributed by atoms with Gasteiger partial charge in [0.15, 0.2) is 0 Å². The molecule has 1 atom stereocenters. The van der Waals surface area contributed by atoms with Crippen LogP contribution < -0.4 is 16.0 Å². The van der Waals surface area contributed by atoms with Crippen molar-refractivity contribution >= 4 is 29.4 Å². The molecule has 1 unspecified atom stereocenters. The molecule has 2 rings (SSSR count). The molecule has 7 heteroatoms. The lowest BCUT2D eigenvalue weighted by atomic mass is 10.1. The average molecular weight is 282 g/mol. The highest BCUT2D eigenvalue weighted by atomic mass is 35.5. The van der Waals surface area contributed by atoms with Crippen LogP contribution in [-0.4, -0.2) is 30.4 Å². The number of rotatable bonds is 4. The molecule has 19 heavy (non-hydrogen) atoms. The molecule has 0 aromatic heterocycles. The zero-order chi connectivity index (χ0) is 13.8. The van der Waals surface area contributed by atoms with Gasteiger partial charge < -0.3 is 10.6 Å². The molecule has 4 amide bonds. The maximum absolute atomic E-state index is 11.7. The second kappa shape index (κ2) is 5.71. The fourth-order valence-electron chi connectivity index (χ4n) is 1.67. The number of carbonyl (C=O) groups excluding carboxylic acids is 3. The smallest absolute Gasteiger partial charge is 0.322 e. The minimum absolute atomic E-state index is 0.0734. The fraction of sp³-hybridized carbons (Fsp3) is 0.250. The van der Waals surface area contributed by atoms with E-state index in [1.54, 1.807) is 24.3 Å². The Balaban J connectivity index is 1.80. The number of carbonyl (C=O) groups is 3. The summed E-state index contributed by atoms with van der Waals surface area (Å²) in [5, 5.41) is 7.69. The van der Waals surface area contributed by atoms with Gasteiger partial charge in [-0.2, -0.15) is 0 Å². The van der Waals surface area contributed by atoms with Crippen molar-refractivity contribution < 1.29 is 14.4 Å². The van der Waals surface area contributed by atoms with Crippen LogP contribution in [0.2, 0.25) is 5.02 Å². The molecule has 6 nitrogen and oxygen atoms in total. The minimum Gasteiger partial charge on any atom is -0.353 e. The van der Waals surface area contributed by atoms with Crippen LogP contribution in [0, 0.1) is 0 Å². The van der Waals surface area contributed by atoms with Crippen LogP contribution in [0.15, 0.2) is 24.3 Å². The number of hydrogen-bond acceptors (Lipinski definition) is 3. The molecule has 0 bridgehead atoms. The second-order valence-electron chi connectivity index (χ2n) is 4.12. The summed E-state index contributed by atoms with van der Waals surface area (Å²) in [6.07, 6.45) is 0.194. The van der Waals surface area contributed by atoms with Gasteiger partial charge in [-0.25, -0.2) is 4.79 Å². The molecule has 1 heterocycles. The Morgan fingerprint density at radius 1 is 1.26 bits per heavy atom. The molecule has 1 fully saturated rings.